The summed E-state index contributed by atoms with van der Waals surface area (Å²) in [6, 6.07) is 0. The first-order valence-corrected chi connectivity index (χ1v) is 3.06. The van der Waals surface area contributed by atoms with E-state index in [-0.39, 0.29) is 66.0 Å². The van der Waals surface area contributed by atoms with Gasteiger partial charge in [0, 0.05) is 0 Å². The van der Waals surface area contributed by atoms with E-state index < -0.39 is 11.9 Å². The Hall–Kier alpha value is 0.576. The molecule has 0 aliphatic heterocycles. The standard InChI is InChI=1S/C6H10O4.K.H/c1-3-9-5(7)6(8)10-4-2;;/h3-4H2,1-2H3;;/q;+1;-1. The molecule has 5 heteroatoms. The second kappa shape index (κ2) is 8.67. The van der Waals surface area contributed by atoms with Gasteiger partial charge < -0.3 is 10.9 Å². The smallest absolute Gasteiger partial charge is 1.00 e. The molecule has 0 fully saturated rings. The minimum atomic E-state index is -0.927. The summed E-state index contributed by atoms with van der Waals surface area (Å²) >= 11 is 0. The third-order valence-electron chi connectivity index (χ3n) is 0.718. The number of carbonyl (C=O) groups is 2. The Labute approximate surface area is 110 Å². The maximum absolute atomic E-state index is 10.4. The molecule has 0 bridgehead atoms. The maximum atomic E-state index is 10.4. The molecule has 0 rings (SSSR count). The van der Waals surface area contributed by atoms with Crippen LogP contribution >= 0.6 is 0 Å². The van der Waals surface area contributed by atoms with Gasteiger partial charge in [-0.3, -0.25) is 0 Å². The van der Waals surface area contributed by atoms with Crippen LogP contribution in [0.3, 0.4) is 0 Å². The fourth-order valence-corrected chi connectivity index (χ4v) is 0.380. The second-order valence-corrected chi connectivity index (χ2v) is 1.44. The van der Waals surface area contributed by atoms with Gasteiger partial charge in [-0.1, -0.05) is 0 Å². The number of ether oxygens (including phenoxy) is 2. The molecule has 0 aromatic carbocycles. The van der Waals surface area contributed by atoms with Gasteiger partial charge in [0.2, 0.25) is 0 Å². The van der Waals surface area contributed by atoms with Crippen molar-refractivity contribution in [3.05, 3.63) is 0 Å². The molecule has 0 amide bonds. The van der Waals surface area contributed by atoms with Crippen molar-refractivity contribution in [1.29, 1.82) is 0 Å². The predicted octanol–water partition coefficient (Wildman–Crippen LogP) is -2.77. The van der Waals surface area contributed by atoms with E-state index in [2.05, 4.69) is 9.47 Å². The molecule has 0 radical (unpaired) electrons. The fraction of sp³-hybridized carbons (Fsp3) is 0.667. The Bertz CT molecular complexity index is 124. The van der Waals surface area contributed by atoms with E-state index in [1.165, 1.54) is 0 Å². The van der Waals surface area contributed by atoms with Crippen LogP contribution < -0.4 is 51.4 Å². The van der Waals surface area contributed by atoms with Gasteiger partial charge in [-0.2, -0.15) is 0 Å². The molecule has 0 aromatic rings. The van der Waals surface area contributed by atoms with Crippen LogP contribution in [0.5, 0.6) is 0 Å². The summed E-state index contributed by atoms with van der Waals surface area (Å²) in [4.78, 5) is 20.9. The van der Waals surface area contributed by atoms with E-state index in [1.807, 2.05) is 0 Å². The number of hydrogen-bond donors (Lipinski definition) is 0. The van der Waals surface area contributed by atoms with Crippen molar-refractivity contribution in [3.63, 3.8) is 0 Å². The van der Waals surface area contributed by atoms with Crippen LogP contribution in [0.4, 0.5) is 0 Å². The summed E-state index contributed by atoms with van der Waals surface area (Å²) in [5.41, 5.74) is 0. The van der Waals surface area contributed by atoms with Crippen molar-refractivity contribution >= 4 is 11.9 Å². The first-order valence-electron chi connectivity index (χ1n) is 3.06. The molecule has 0 N–H and O–H groups in total. The van der Waals surface area contributed by atoms with Crippen LogP contribution in [0.2, 0.25) is 0 Å². The van der Waals surface area contributed by atoms with Crippen LogP contribution in [0.1, 0.15) is 15.3 Å². The predicted molar refractivity (Wildman–Crippen MR) is 34.4 cm³/mol. The van der Waals surface area contributed by atoms with Crippen molar-refractivity contribution in [1.82, 2.24) is 0 Å². The number of rotatable bonds is 2. The Morgan fingerprint density at radius 2 is 1.36 bits per heavy atom. The van der Waals surface area contributed by atoms with Gasteiger partial charge in [-0.15, -0.1) is 0 Å². The Balaban J connectivity index is -0.000000405. The van der Waals surface area contributed by atoms with Crippen molar-refractivity contribution in [2.45, 2.75) is 13.8 Å². The van der Waals surface area contributed by atoms with Crippen LogP contribution in [-0.2, 0) is 19.1 Å². The van der Waals surface area contributed by atoms with E-state index in [4.69, 9.17) is 0 Å². The van der Waals surface area contributed by atoms with Gasteiger partial charge in [0.15, 0.2) is 0 Å². The summed E-state index contributed by atoms with van der Waals surface area (Å²) in [6.45, 7) is 3.63. The van der Waals surface area contributed by atoms with Crippen LogP contribution in [0.15, 0.2) is 0 Å². The fourth-order valence-electron chi connectivity index (χ4n) is 0.380. The van der Waals surface area contributed by atoms with E-state index in [9.17, 15) is 9.59 Å². The largest absolute Gasteiger partial charge is 1.00 e. The summed E-state index contributed by atoms with van der Waals surface area (Å²) in [5.74, 6) is -1.85. The molecule has 0 aliphatic rings. The summed E-state index contributed by atoms with van der Waals surface area (Å²) in [6.07, 6.45) is 0. The zero-order valence-corrected chi connectivity index (χ0v) is 10.2. The monoisotopic (exact) mass is 186 g/mol. The minimum Gasteiger partial charge on any atom is -1.00 e. The van der Waals surface area contributed by atoms with Crippen LogP contribution in [0.25, 0.3) is 0 Å². The van der Waals surface area contributed by atoms with Crippen LogP contribution in [-0.4, -0.2) is 25.2 Å². The minimum absolute atomic E-state index is 0. The Morgan fingerprint density at radius 1 is 1.09 bits per heavy atom. The van der Waals surface area contributed by atoms with Crippen molar-refractivity contribution in [3.8, 4) is 0 Å². The third-order valence-corrected chi connectivity index (χ3v) is 0.718. The van der Waals surface area contributed by atoms with Crippen molar-refractivity contribution in [2.24, 2.45) is 0 Å². The van der Waals surface area contributed by atoms with Gasteiger partial charge in [0.1, 0.15) is 0 Å². The van der Waals surface area contributed by atoms with Gasteiger partial charge in [0.05, 0.1) is 13.2 Å². The van der Waals surface area contributed by atoms with E-state index in [0.717, 1.165) is 0 Å². The quantitative estimate of drug-likeness (QED) is 0.266. The summed E-state index contributed by atoms with van der Waals surface area (Å²) < 4.78 is 8.69. The van der Waals surface area contributed by atoms with Crippen molar-refractivity contribution < 1.29 is 71.9 Å². The first kappa shape index (κ1) is 14.1. The normalized spacial score (nSPS) is 7.82. The maximum Gasteiger partial charge on any atom is 1.00 e. The first-order chi connectivity index (χ1) is 4.72. The summed E-state index contributed by atoms with van der Waals surface area (Å²) in [7, 11) is 0. The molecule has 0 spiro atoms. The van der Waals surface area contributed by atoms with Crippen LogP contribution in [0, 0.1) is 0 Å². The SMILES string of the molecule is CCOC(=O)C(=O)OCC.[H-].[K+]. The van der Waals surface area contributed by atoms with Crippen molar-refractivity contribution in [2.75, 3.05) is 13.2 Å². The molecular weight excluding hydrogens is 175 g/mol. The molecular formula is C6H11KO4. The number of esters is 2. The van der Waals surface area contributed by atoms with Gasteiger partial charge >= 0.3 is 63.3 Å². The van der Waals surface area contributed by atoms with Gasteiger partial charge in [0.25, 0.3) is 0 Å². The molecule has 0 unspecified atom stereocenters. The second-order valence-electron chi connectivity index (χ2n) is 1.44. The molecule has 0 aliphatic carbocycles. The van der Waals surface area contributed by atoms with Gasteiger partial charge in [-0.25, -0.2) is 9.59 Å². The molecule has 0 atom stereocenters. The topological polar surface area (TPSA) is 52.6 Å². The molecule has 4 nitrogen and oxygen atoms in total. The molecule has 0 heterocycles. The molecule has 0 saturated heterocycles. The zero-order valence-electron chi connectivity index (χ0n) is 8.05. The van der Waals surface area contributed by atoms with E-state index in [1.54, 1.807) is 13.8 Å². The number of hydrogen-bond acceptors (Lipinski definition) is 4. The molecule has 60 valence electrons. The van der Waals surface area contributed by atoms with Gasteiger partial charge in [-0.05, 0) is 13.8 Å². The average molecular weight is 186 g/mol. The zero-order chi connectivity index (χ0) is 7.98. The Morgan fingerprint density at radius 3 is 1.55 bits per heavy atom. The summed E-state index contributed by atoms with van der Waals surface area (Å²) in [5, 5.41) is 0. The number of carbonyl (C=O) groups excluding carboxylic acids is 2. The third kappa shape index (κ3) is 6.95. The molecule has 0 saturated carbocycles. The Kier molecular flexibility index (Phi) is 11.1. The average Bonchev–Trinajstić information content (AvgIpc) is 1.89. The molecule has 0 aromatic heterocycles. The van der Waals surface area contributed by atoms with E-state index >= 15 is 0 Å². The molecule has 11 heavy (non-hydrogen) atoms. The van der Waals surface area contributed by atoms with E-state index in [0.29, 0.717) is 0 Å².